The summed E-state index contributed by atoms with van der Waals surface area (Å²) in [6.45, 7) is 2.06. The number of hydrogen-bond acceptors (Lipinski definition) is 6. The quantitative estimate of drug-likeness (QED) is 0.130. The normalized spacial score (nSPS) is 21.7. The van der Waals surface area contributed by atoms with E-state index in [-0.39, 0.29) is 18.8 Å². The lowest BCUT2D eigenvalue weighted by Crippen LogP contribution is -2.61. The first kappa shape index (κ1) is 32.8. The number of hydrogen-bond donors (Lipinski definition) is 1. The minimum absolute atomic E-state index is 0.00756. The molecule has 1 N–H and O–H groups in total. The maximum atomic E-state index is 9.31. The third-order valence-corrected chi connectivity index (χ3v) is 7.87. The standard InChI is InChI=1S/C39H44O6/c40-25-15-5-14-24-35-37(42-27-32-18-8-2-9-19-32)39(44-29-34-22-12-4-13-23-34)38(43-28-33-20-10-3-11-21-33)36(45-35)30-41-26-31-16-6-1-7-17-31/h1-13,15-23,35-40H,14,24-30H2/t35-,36?,37?,38+,39+/m1/s1. The fourth-order valence-corrected chi connectivity index (χ4v) is 5.57. The Balaban J connectivity index is 1.42. The molecule has 0 aromatic heterocycles. The van der Waals surface area contributed by atoms with Crippen LogP contribution in [0.1, 0.15) is 35.1 Å². The Labute approximate surface area is 267 Å². The lowest BCUT2D eigenvalue weighted by Gasteiger charge is -2.46. The molecule has 0 amide bonds. The molecule has 1 heterocycles. The second kappa shape index (κ2) is 18.4. The molecule has 5 rings (SSSR count). The zero-order chi connectivity index (χ0) is 30.9. The van der Waals surface area contributed by atoms with Crippen LogP contribution in [-0.4, -0.2) is 48.8 Å². The van der Waals surface area contributed by atoms with Gasteiger partial charge in [0.15, 0.2) is 0 Å². The molecular formula is C39H44O6. The van der Waals surface area contributed by atoms with Crippen LogP contribution in [0.15, 0.2) is 133 Å². The third kappa shape index (κ3) is 10.5. The molecule has 4 aromatic rings. The van der Waals surface area contributed by atoms with Crippen molar-refractivity contribution in [1.82, 2.24) is 0 Å². The lowest BCUT2D eigenvalue weighted by atomic mass is 9.91. The Morgan fingerprint density at radius 2 is 0.933 bits per heavy atom. The molecule has 0 radical (unpaired) electrons. The van der Waals surface area contributed by atoms with Gasteiger partial charge in [-0.05, 0) is 35.1 Å². The summed E-state index contributed by atoms with van der Waals surface area (Å²) >= 11 is 0. The van der Waals surface area contributed by atoms with Crippen LogP contribution in [-0.2, 0) is 50.1 Å². The highest BCUT2D eigenvalue weighted by atomic mass is 16.6. The zero-order valence-electron chi connectivity index (χ0n) is 25.7. The van der Waals surface area contributed by atoms with Crippen molar-refractivity contribution in [3.63, 3.8) is 0 Å². The van der Waals surface area contributed by atoms with Crippen molar-refractivity contribution >= 4 is 0 Å². The van der Waals surface area contributed by atoms with E-state index in [1.54, 1.807) is 6.08 Å². The van der Waals surface area contributed by atoms with Crippen molar-refractivity contribution < 1.29 is 28.8 Å². The summed E-state index contributed by atoms with van der Waals surface area (Å²) in [6.07, 6.45) is 3.23. The van der Waals surface area contributed by atoms with E-state index in [1.807, 2.05) is 78.9 Å². The van der Waals surface area contributed by atoms with Crippen molar-refractivity contribution in [2.75, 3.05) is 13.2 Å². The van der Waals surface area contributed by atoms with E-state index in [0.29, 0.717) is 39.5 Å². The van der Waals surface area contributed by atoms with Crippen LogP contribution >= 0.6 is 0 Å². The van der Waals surface area contributed by atoms with Gasteiger partial charge in [-0.3, -0.25) is 0 Å². The van der Waals surface area contributed by atoms with Gasteiger partial charge in [-0.15, -0.1) is 0 Å². The number of aliphatic hydroxyl groups is 1. The van der Waals surface area contributed by atoms with Crippen LogP contribution in [0.2, 0.25) is 0 Å². The molecule has 0 saturated carbocycles. The highest BCUT2D eigenvalue weighted by Crippen LogP contribution is 2.33. The number of aliphatic hydroxyl groups excluding tert-OH is 1. The topological polar surface area (TPSA) is 66.4 Å². The van der Waals surface area contributed by atoms with Crippen molar-refractivity contribution in [3.05, 3.63) is 156 Å². The molecule has 6 nitrogen and oxygen atoms in total. The number of rotatable bonds is 17. The van der Waals surface area contributed by atoms with Crippen molar-refractivity contribution in [2.45, 2.75) is 69.8 Å². The number of allylic oxidation sites excluding steroid dienone is 1. The van der Waals surface area contributed by atoms with Gasteiger partial charge in [0.1, 0.15) is 24.4 Å². The highest BCUT2D eigenvalue weighted by Gasteiger charge is 2.48. The van der Waals surface area contributed by atoms with E-state index in [4.69, 9.17) is 23.7 Å². The van der Waals surface area contributed by atoms with Crippen LogP contribution in [0, 0.1) is 0 Å². The summed E-state index contributed by atoms with van der Waals surface area (Å²) in [5.41, 5.74) is 4.32. The lowest BCUT2D eigenvalue weighted by molar-refractivity contribution is -0.273. The molecule has 0 aliphatic carbocycles. The average molecular weight is 609 g/mol. The first-order valence-electron chi connectivity index (χ1n) is 15.8. The van der Waals surface area contributed by atoms with Gasteiger partial charge in [-0.25, -0.2) is 0 Å². The summed E-state index contributed by atoms with van der Waals surface area (Å²) < 4.78 is 33.3. The molecule has 6 heteroatoms. The van der Waals surface area contributed by atoms with E-state index in [2.05, 4.69) is 48.5 Å². The van der Waals surface area contributed by atoms with Crippen molar-refractivity contribution in [1.29, 1.82) is 0 Å². The Bertz CT molecular complexity index is 1370. The third-order valence-electron chi connectivity index (χ3n) is 7.87. The fourth-order valence-electron chi connectivity index (χ4n) is 5.57. The summed E-state index contributed by atoms with van der Waals surface area (Å²) in [5, 5.41) is 9.31. The highest BCUT2D eigenvalue weighted by molar-refractivity contribution is 5.16. The minimum atomic E-state index is -0.449. The van der Waals surface area contributed by atoms with Crippen LogP contribution in [0.3, 0.4) is 0 Å². The smallest absolute Gasteiger partial charge is 0.115 e. The Morgan fingerprint density at radius 3 is 1.40 bits per heavy atom. The minimum Gasteiger partial charge on any atom is -0.392 e. The van der Waals surface area contributed by atoms with Crippen LogP contribution in [0.4, 0.5) is 0 Å². The summed E-state index contributed by atoms with van der Waals surface area (Å²) in [5.74, 6) is 0. The maximum absolute atomic E-state index is 9.31. The van der Waals surface area contributed by atoms with Crippen LogP contribution in [0.5, 0.6) is 0 Å². The average Bonchev–Trinajstić information content (AvgIpc) is 3.10. The van der Waals surface area contributed by atoms with E-state index < -0.39 is 18.3 Å². The molecule has 4 aromatic carbocycles. The predicted molar refractivity (Wildman–Crippen MR) is 175 cm³/mol. The molecule has 2 unspecified atom stereocenters. The predicted octanol–water partition coefficient (Wildman–Crippen LogP) is 7.06. The molecule has 45 heavy (non-hydrogen) atoms. The molecule has 0 bridgehead atoms. The van der Waals surface area contributed by atoms with Crippen LogP contribution < -0.4 is 0 Å². The molecule has 1 fully saturated rings. The van der Waals surface area contributed by atoms with Crippen LogP contribution in [0.25, 0.3) is 0 Å². The summed E-state index contributed by atoms with van der Waals surface area (Å²) in [4.78, 5) is 0. The molecule has 236 valence electrons. The van der Waals surface area contributed by atoms with Gasteiger partial charge < -0.3 is 28.8 Å². The monoisotopic (exact) mass is 608 g/mol. The number of ether oxygens (including phenoxy) is 5. The van der Waals surface area contributed by atoms with Crippen molar-refractivity contribution in [3.8, 4) is 0 Å². The maximum Gasteiger partial charge on any atom is 0.115 e. The first-order valence-corrected chi connectivity index (χ1v) is 15.8. The second-order valence-electron chi connectivity index (χ2n) is 11.2. The van der Waals surface area contributed by atoms with Crippen molar-refractivity contribution in [2.24, 2.45) is 0 Å². The summed E-state index contributed by atoms with van der Waals surface area (Å²) in [7, 11) is 0. The molecule has 5 atom stereocenters. The van der Waals surface area contributed by atoms with Gasteiger partial charge in [0, 0.05) is 0 Å². The van der Waals surface area contributed by atoms with E-state index in [9.17, 15) is 5.11 Å². The van der Waals surface area contributed by atoms with E-state index in [1.165, 1.54) is 0 Å². The van der Waals surface area contributed by atoms with E-state index >= 15 is 0 Å². The molecule has 1 aliphatic rings. The van der Waals surface area contributed by atoms with Gasteiger partial charge in [-0.1, -0.05) is 133 Å². The van der Waals surface area contributed by atoms with Gasteiger partial charge in [0.2, 0.25) is 0 Å². The SMILES string of the molecule is OCC=CCC[C@H]1OC(COCc2ccccc2)[C@H](OCc2ccccc2)[C@@H](OCc2ccccc2)C1OCc1ccccc1. The van der Waals surface area contributed by atoms with E-state index in [0.717, 1.165) is 28.7 Å². The Hall–Kier alpha value is -3.62. The Kier molecular flexibility index (Phi) is 13.4. The van der Waals surface area contributed by atoms with Gasteiger partial charge in [0.05, 0.1) is 45.7 Å². The number of benzene rings is 4. The second-order valence-corrected chi connectivity index (χ2v) is 11.2. The zero-order valence-corrected chi connectivity index (χ0v) is 25.7. The van der Waals surface area contributed by atoms with Gasteiger partial charge in [-0.2, -0.15) is 0 Å². The van der Waals surface area contributed by atoms with Gasteiger partial charge in [0.25, 0.3) is 0 Å². The first-order chi connectivity index (χ1) is 22.3. The molecule has 0 spiro atoms. The summed E-state index contributed by atoms with van der Waals surface area (Å²) in [6, 6.07) is 40.6. The fraction of sp³-hybridized carbons (Fsp3) is 0.333. The van der Waals surface area contributed by atoms with Gasteiger partial charge >= 0.3 is 0 Å². The largest absolute Gasteiger partial charge is 0.392 e. The Morgan fingerprint density at radius 1 is 0.511 bits per heavy atom. The molecule has 1 saturated heterocycles. The molecule has 1 aliphatic heterocycles. The molecular weight excluding hydrogens is 564 g/mol.